The summed E-state index contributed by atoms with van der Waals surface area (Å²) in [5, 5.41) is 2.52. The zero-order chi connectivity index (χ0) is 24.2. The number of methoxy groups -OCH3 is 1. The number of sulfonamides is 1. The fourth-order valence-electron chi connectivity index (χ4n) is 3.60. The lowest BCUT2D eigenvalue weighted by molar-refractivity contribution is -0.142. The summed E-state index contributed by atoms with van der Waals surface area (Å²) >= 11 is 6.90. The van der Waals surface area contributed by atoms with Crippen LogP contribution in [0.25, 0.3) is 0 Å². The van der Waals surface area contributed by atoms with Gasteiger partial charge in [0.15, 0.2) is 0 Å². The van der Waals surface area contributed by atoms with Crippen molar-refractivity contribution in [1.82, 2.24) is 10.0 Å². The predicted octanol–water partition coefficient (Wildman–Crippen LogP) is 2.34. The first-order valence-electron chi connectivity index (χ1n) is 10.2. The number of hydrogen-bond donors (Lipinski definition) is 2. The van der Waals surface area contributed by atoms with Gasteiger partial charge >= 0.3 is 5.97 Å². The number of thiophene rings is 1. The molecular weight excluding hydrogens is 490 g/mol. The van der Waals surface area contributed by atoms with Gasteiger partial charge in [0.2, 0.25) is 15.9 Å². The van der Waals surface area contributed by atoms with Crippen molar-refractivity contribution >= 4 is 56.4 Å². The van der Waals surface area contributed by atoms with Crippen LogP contribution in [0.3, 0.4) is 0 Å². The van der Waals surface area contributed by atoms with E-state index in [-0.39, 0.29) is 17.3 Å². The first kappa shape index (κ1) is 25.2. The number of carbonyl (C=O) groups is 3. The van der Waals surface area contributed by atoms with Crippen molar-refractivity contribution in [1.29, 1.82) is 0 Å². The quantitative estimate of drug-likeness (QED) is 0.496. The predicted molar refractivity (Wildman–Crippen MR) is 125 cm³/mol. The van der Waals surface area contributed by atoms with Crippen LogP contribution in [0.2, 0.25) is 4.34 Å². The van der Waals surface area contributed by atoms with Crippen LogP contribution in [0, 0.1) is 0 Å². The average Bonchev–Trinajstić information content (AvgIpc) is 3.43. The molecule has 0 bridgehead atoms. The molecule has 1 fully saturated rings. The molecule has 0 radical (unpaired) electrons. The molecule has 9 nitrogen and oxygen atoms in total. The fraction of sp³-hybridized carbons (Fsp3) is 0.381. The second kappa shape index (κ2) is 10.6. The van der Waals surface area contributed by atoms with Gasteiger partial charge in [0, 0.05) is 25.2 Å². The maximum atomic E-state index is 13.3. The fourth-order valence-corrected chi connectivity index (χ4v) is 6.07. The highest BCUT2D eigenvalue weighted by Gasteiger charge is 2.31. The highest BCUT2D eigenvalue weighted by molar-refractivity contribution is 7.89. The van der Waals surface area contributed by atoms with Gasteiger partial charge in [-0.1, -0.05) is 24.6 Å². The summed E-state index contributed by atoms with van der Waals surface area (Å²) in [6, 6.07) is 6.42. The third-order valence-electron chi connectivity index (χ3n) is 5.16. The molecule has 0 aliphatic carbocycles. The maximum absolute atomic E-state index is 13.3. The maximum Gasteiger partial charge on any atom is 0.325 e. The number of hydrogen-bond acceptors (Lipinski definition) is 7. The monoisotopic (exact) mass is 513 g/mol. The number of amides is 2. The Bertz CT molecular complexity index is 1160. The lowest BCUT2D eigenvalue weighted by Crippen LogP contribution is -2.49. The first-order valence-corrected chi connectivity index (χ1v) is 12.9. The van der Waals surface area contributed by atoms with Gasteiger partial charge in [-0.25, -0.2) is 8.42 Å². The molecule has 1 aromatic heterocycles. The minimum atomic E-state index is -4.19. The first-order chi connectivity index (χ1) is 15.7. The number of ether oxygens (including phenoxy) is 1. The molecule has 0 spiro atoms. The Balaban J connectivity index is 1.84. The number of nitrogens with zero attached hydrogens (tertiary/aromatic N) is 1. The molecular formula is C21H24ClN3O6S2. The van der Waals surface area contributed by atoms with Crippen molar-refractivity contribution in [2.75, 3.05) is 25.1 Å². The molecule has 2 N–H and O–H groups in total. The Labute approximate surface area is 201 Å². The SMILES string of the molecule is CCc1c(N2CCCC2=O)cccc1S(=O)(=O)N[C@@H](CNC(=O)c1ccc(Cl)s1)C(=O)OC. The molecule has 178 valence electrons. The van der Waals surface area contributed by atoms with E-state index in [1.165, 1.54) is 12.1 Å². The van der Waals surface area contributed by atoms with Crippen molar-refractivity contribution in [3.8, 4) is 0 Å². The molecule has 12 heteroatoms. The molecule has 3 rings (SSSR count). The van der Waals surface area contributed by atoms with E-state index in [9.17, 15) is 22.8 Å². The van der Waals surface area contributed by atoms with Gasteiger partial charge in [0.1, 0.15) is 6.04 Å². The Hall–Kier alpha value is -2.47. The van der Waals surface area contributed by atoms with Gasteiger partial charge < -0.3 is 15.0 Å². The van der Waals surface area contributed by atoms with E-state index in [0.29, 0.717) is 46.3 Å². The van der Waals surface area contributed by atoms with Crippen molar-refractivity contribution in [3.63, 3.8) is 0 Å². The molecule has 1 aromatic carbocycles. The number of rotatable bonds is 9. The van der Waals surface area contributed by atoms with Gasteiger partial charge in [-0.05, 0) is 42.7 Å². The summed E-state index contributed by atoms with van der Waals surface area (Å²) in [5.74, 6) is -1.41. The van der Waals surface area contributed by atoms with Crippen LogP contribution in [0.1, 0.15) is 35.0 Å². The standard InChI is InChI=1S/C21H24ClN3O6S2/c1-3-13-15(25-11-5-8-19(25)26)6-4-7-17(13)33(29,30)24-14(21(28)31-2)12-23-20(27)16-9-10-18(22)32-16/h4,6-7,9-10,14,24H,3,5,8,11-12H2,1-2H3,(H,23,27)/t14-/m0/s1. The normalized spacial score (nSPS) is 14.9. The summed E-state index contributed by atoms with van der Waals surface area (Å²) in [6.07, 6.45) is 1.48. The van der Waals surface area contributed by atoms with E-state index in [1.54, 1.807) is 30.0 Å². The summed E-state index contributed by atoms with van der Waals surface area (Å²) in [5.41, 5.74) is 1.02. The molecule has 2 heterocycles. The molecule has 2 amide bonds. The minimum absolute atomic E-state index is 0.0348. The van der Waals surface area contributed by atoms with Crippen LogP contribution in [0.15, 0.2) is 35.2 Å². The number of halogens is 1. The number of benzene rings is 1. The molecule has 0 saturated carbocycles. The number of esters is 1. The zero-order valence-electron chi connectivity index (χ0n) is 18.1. The second-order valence-electron chi connectivity index (χ2n) is 7.27. The van der Waals surface area contributed by atoms with Gasteiger partial charge in [0.05, 0.1) is 21.2 Å². The summed E-state index contributed by atoms with van der Waals surface area (Å²) in [7, 11) is -3.07. The average molecular weight is 514 g/mol. The number of carbonyl (C=O) groups excluding carboxylic acids is 3. The van der Waals surface area contributed by atoms with Gasteiger partial charge in [-0.3, -0.25) is 14.4 Å². The van der Waals surface area contributed by atoms with E-state index < -0.39 is 27.9 Å². The lowest BCUT2D eigenvalue weighted by atomic mass is 10.1. The summed E-state index contributed by atoms with van der Waals surface area (Å²) in [6.45, 7) is 1.99. The van der Waals surface area contributed by atoms with Crippen LogP contribution in [-0.2, 0) is 30.8 Å². The molecule has 1 atom stereocenters. The Kier molecular flexibility index (Phi) is 8.11. The molecule has 1 saturated heterocycles. The van der Waals surface area contributed by atoms with Gasteiger partial charge in [0.25, 0.3) is 5.91 Å². The van der Waals surface area contributed by atoms with E-state index in [1.807, 2.05) is 0 Å². The largest absolute Gasteiger partial charge is 0.468 e. The van der Waals surface area contributed by atoms with Gasteiger partial charge in [-0.15, -0.1) is 11.3 Å². The number of nitrogens with one attached hydrogen (secondary N) is 2. The molecule has 2 aromatic rings. The van der Waals surface area contributed by atoms with E-state index in [4.69, 9.17) is 16.3 Å². The summed E-state index contributed by atoms with van der Waals surface area (Å²) in [4.78, 5) is 38.7. The minimum Gasteiger partial charge on any atom is -0.468 e. The molecule has 33 heavy (non-hydrogen) atoms. The smallest absolute Gasteiger partial charge is 0.325 e. The Morgan fingerprint density at radius 2 is 2.03 bits per heavy atom. The molecule has 1 aliphatic heterocycles. The number of anilines is 1. The van der Waals surface area contributed by atoms with Gasteiger partial charge in [-0.2, -0.15) is 4.72 Å². The van der Waals surface area contributed by atoms with E-state index >= 15 is 0 Å². The van der Waals surface area contributed by atoms with E-state index in [2.05, 4.69) is 10.0 Å². The Morgan fingerprint density at radius 3 is 2.61 bits per heavy atom. The van der Waals surface area contributed by atoms with E-state index in [0.717, 1.165) is 18.4 Å². The van der Waals surface area contributed by atoms with Crippen LogP contribution in [-0.4, -0.2) is 52.4 Å². The second-order valence-corrected chi connectivity index (χ2v) is 10.7. The van der Waals surface area contributed by atoms with Crippen LogP contribution in [0.4, 0.5) is 5.69 Å². The Morgan fingerprint density at radius 1 is 1.27 bits per heavy atom. The third-order valence-corrected chi connectivity index (χ3v) is 7.95. The highest BCUT2D eigenvalue weighted by Crippen LogP contribution is 2.31. The molecule has 1 aliphatic rings. The van der Waals surface area contributed by atoms with Crippen molar-refractivity contribution in [3.05, 3.63) is 45.1 Å². The van der Waals surface area contributed by atoms with Crippen molar-refractivity contribution < 1.29 is 27.5 Å². The van der Waals surface area contributed by atoms with Crippen LogP contribution in [0.5, 0.6) is 0 Å². The third kappa shape index (κ3) is 5.72. The highest BCUT2D eigenvalue weighted by atomic mass is 35.5. The summed E-state index contributed by atoms with van der Waals surface area (Å²) < 4.78 is 34.0. The molecule has 0 unspecified atom stereocenters. The topological polar surface area (TPSA) is 122 Å². The van der Waals surface area contributed by atoms with Crippen LogP contribution < -0.4 is 14.9 Å². The van der Waals surface area contributed by atoms with Crippen molar-refractivity contribution in [2.24, 2.45) is 0 Å². The van der Waals surface area contributed by atoms with Crippen molar-refractivity contribution in [2.45, 2.75) is 37.1 Å². The zero-order valence-corrected chi connectivity index (χ0v) is 20.5. The lowest BCUT2D eigenvalue weighted by Gasteiger charge is -2.23. The van der Waals surface area contributed by atoms with Crippen LogP contribution >= 0.6 is 22.9 Å².